The van der Waals surface area contributed by atoms with Gasteiger partial charge in [0.2, 0.25) is 0 Å². The van der Waals surface area contributed by atoms with Crippen molar-refractivity contribution in [1.29, 1.82) is 0 Å². The lowest BCUT2D eigenvalue weighted by molar-refractivity contribution is -0.138. The van der Waals surface area contributed by atoms with E-state index in [1.54, 1.807) is 0 Å². The summed E-state index contributed by atoms with van der Waals surface area (Å²) in [5.74, 6) is 0.544. The Balaban J connectivity index is 3.30. The molecular weight excluding hydrogens is 212 g/mol. The van der Waals surface area contributed by atoms with Gasteiger partial charge in [-0.2, -0.15) is 0 Å². The summed E-state index contributed by atoms with van der Waals surface area (Å²) in [5.41, 5.74) is 0. The molecule has 0 radical (unpaired) electrons. The predicted molar refractivity (Wildman–Crippen MR) is 73.2 cm³/mol. The molecule has 0 spiro atoms. The first-order valence-corrected chi connectivity index (χ1v) is 7.28. The maximum absolute atomic E-state index is 10.5. The summed E-state index contributed by atoms with van der Waals surface area (Å²) in [6.07, 6.45) is 10.5. The average Bonchev–Trinajstić information content (AvgIpc) is 2.24. The van der Waals surface area contributed by atoms with Gasteiger partial charge in [-0.3, -0.25) is 4.79 Å². The minimum Gasteiger partial charge on any atom is -0.481 e. The molecule has 0 aromatic carbocycles. The minimum atomic E-state index is -0.661. The molecule has 17 heavy (non-hydrogen) atoms. The van der Waals surface area contributed by atoms with Crippen LogP contribution in [0.2, 0.25) is 0 Å². The Labute approximate surface area is 107 Å². The Morgan fingerprint density at radius 1 is 0.941 bits per heavy atom. The van der Waals surface area contributed by atoms with Crippen molar-refractivity contribution >= 4 is 5.97 Å². The summed E-state index contributed by atoms with van der Waals surface area (Å²) < 4.78 is 0. The van der Waals surface area contributed by atoms with Gasteiger partial charge in [0.1, 0.15) is 0 Å². The third-order valence-corrected chi connectivity index (χ3v) is 3.47. The fourth-order valence-electron chi connectivity index (χ4n) is 2.26. The van der Waals surface area contributed by atoms with Crippen LogP contribution >= 0.6 is 0 Å². The number of hydrogen-bond acceptors (Lipinski definition) is 1. The number of rotatable bonds is 11. The molecule has 0 fully saturated rings. The second-order valence-corrected chi connectivity index (χ2v) is 5.59. The van der Waals surface area contributed by atoms with Gasteiger partial charge in [-0.25, -0.2) is 0 Å². The topological polar surface area (TPSA) is 37.3 Å². The highest BCUT2D eigenvalue weighted by atomic mass is 16.4. The first-order valence-electron chi connectivity index (χ1n) is 7.28. The predicted octanol–water partition coefficient (Wildman–Crippen LogP) is 4.87. The molecule has 0 amide bonds. The third-order valence-electron chi connectivity index (χ3n) is 3.47. The summed E-state index contributed by atoms with van der Waals surface area (Å²) in [4.78, 5) is 10.5. The molecule has 2 unspecified atom stereocenters. The van der Waals surface area contributed by atoms with Crippen LogP contribution in [-0.2, 0) is 4.79 Å². The van der Waals surface area contributed by atoms with Crippen molar-refractivity contribution in [2.45, 2.75) is 78.6 Å². The second-order valence-electron chi connectivity index (χ2n) is 5.59. The van der Waals surface area contributed by atoms with E-state index >= 15 is 0 Å². The maximum atomic E-state index is 10.5. The number of unbranched alkanes of at least 4 members (excludes halogenated alkanes) is 3. The first-order chi connectivity index (χ1) is 8.06. The molecule has 2 nitrogen and oxygen atoms in total. The van der Waals surface area contributed by atoms with Crippen LogP contribution in [0.15, 0.2) is 0 Å². The number of carboxylic acid groups (broad SMARTS) is 1. The monoisotopic (exact) mass is 242 g/mol. The van der Waals surface area contributed by atoms with Gasteiger partial charge in [0.05, 0.1) is 0 Å². The largest absolute Gasteiger partial charge is 0.481 e. The summed E-state index contributed by atoms with van der Waals surface area (Å²) in [6.45, 7) is 6.64. The second kappa shape index (κ2) is 10.6. The first kappa shape index (κ1) is 16.5. The highest BCUT2D eigenvalue weighted by Crippen LogP contribution is 2.18. The standard InChI is InChI=1S/C15H30O2/c1-4-5-9-13(2)10-7-6-8-11-14(3)12-15(16)17/h13-14H,4-12H2,1-3H3,(H,16,17). The number of aliphatic carboxylic acids is 1. The van der Waals surface area contributed by atoms with E-state index in [1.807, 2.05) is 6.92 Å². The molecule has 0 saturated carbocycles. The molecule has 0 rings (SSSR count). The van der Waals surface area contributed by atoms with E-state index in [4.69, 9.17) is 5.11 Å². The van der Waals surface area contributed by atoms with Crippen molar-refractivity contribution in [1.82, 2.24) is 0 Å². The Morgan fingerprint density at radius 2 is 1.47 bits per heavy atom. The van der Waals surface area contributed by atoms with Gasteiger partial charge in [0.15, 0.2) is 0 Å². The van der Waals surface area contributed by atoms with Crippen LogP contribution in [-0.4, -0.2) is 11.1 Å². The van der Waals surface area contributed by atoms with E-state index in [0.29, 0.717) is 12.3 Å². The summed E-state index contributed by atoms with van der Waals surface area (Å²) in [6, 6.07) is 0. The summed E-state index contributed by atoms with van der Waals surface area (Å²) in [7, 11) is 0. The average molecular weight is 242 g/mol. The molecule has 0 aromatic rings. The number of carboxylic acids is 1. The fourth-order valence-corrected chi connectivity index (χ4v) is 2.26. The number of carbonyl (C=O) groups is 1. The van der Waals surface area contributed by atoms with E-state index in [2.05, 4.69) is 13.8 Å². The van der Waals surface area contributed by atoms with E-state index in [0.717, 1.165) is 12.3 Å². The van der Waals surface area contributed by atoms with Crippen LogP contribution in [0.3, 0.4) is 0 Å². The molecular formula is C15H30O2. The van der Waals surface area contributed by atoms with Crippen LogP contribution < -0.4 is 0 Å². The van der Waals surface area contributed by atoms with Gasteiger partial charge in [0.25, 0.3) is 0 Å². The smallest absolute Gasteiger partial charge is 0.303 e. The Morgan fingerprint density at radius 3 is 2.00 bits per heavy atom. The van der Waals surface area contributed by atoms with Crippen LogP contribution in [0, 0.1) is 11.8 Å². The molecule has 2 heteroatoms. The van der Waals surface area contributed by atoms with Gasteiger partial charge in [-0.1, -0.05) is 72.1 Å². The minimum absolute atomic E-state index is 0.326. The molecule has 0 saturated heterocycles. The lowest BCUT2D eigenvalue weighted by Gasteiger charge is -2.11. The summed E-state index contributed by atoms with van der Waals surface area (Å²) >= 11 is 0. The molecule has 0 heterocycles. The molecule has 0 aromatic heterocycles. The van der Waals surface area contributed by atoms with E-state index in [1.165, 1.54) is 44.9 Å². The van der Waals surface area contributed by atoms with Crippen molar-refractivity contribution in [3.8, 4) is 0 Å². The van der Waals surface area contributed by atoms with E-state index in [-0.39, 0.29) is 0 Å². The zero-order valence-corrected chi connectivity index (χ0v) is 11.9. The highest BCUT2D eigenvalue weighted by Gasteiger charge is 2.07. The molecule has 2 atom stereocenters. The van der Waals surface area contributed by atoms with Crippen LogP contribution in [0.1, 0.15) is 78.6 Å². The van der Waals surface area contributed by atoms with Crippen molar-refractivity contribution < 1.29 is 9.90 Å². The van der Waals surface area contributed by atoms with Crippen molar-refractivity contribution in [3.05, 3.63) is 0 Å². The zero-order chi connectivity index (χ0) is 13.1. The Bertz CT molecular complexity index is 189. The lowest BCUT2D eigenvalue weighted by atomic mass is 9.95. The molecule has 0 aliphatic carbocycles. The fraction of sp³-hybridized carbons (Fsp3) is 0.933. The van der Waals surface area contributed by atoms with Crippen molar-refractivity contribution in [3.63, 3.8) is 0 Å². The van der Waals surface area contributed by atoms with Gasteiger partial charge < -0.3 is 5.11 Å². The van der Waals surface area contributed by atoms with Crippen LogP contribution in [0.5, 0.6) is 0 Å². The number of hydrogen-bond donors (Lipinski definition) is 1. The lowest BCUT2D eigenvalue weighted by Crippen LogP contribution is -2.04. The van der Waals surface area contributed by atoms with E-state index in [9.17, 15) is 4.79 Å². The van der Waals surface area contributed by atoms with Gasteiger partial charge in [-0.15, -0.1) is 0 Å². The van der Waals surface area contributed by atoms with Crippen LogP contribution in [0.25, 0.3) is 0 Å². The third kappa shape index (κ3) is 11.7. The molecule has 102 valence electrons. The Kier molecular flexibility index (Phi) is 10.3. The van der Waals surface area contributed by atoms with Gasteiger partial charge in [0, 0.05) is 6.42 Å². The zero-order valence-electron chi connectivity index (χ0n) is 11.9. The Hall–Kier alpha value is -0.530. The summed E-state index contributed by atoms with van der Waals surface area (Å²) in [5, 5.41) is 8.64. The molecule has 0 aliphatic heterocycles. The van der Waals surface area contributed by atoms with Gasteiger partial charge in [-0.05, 0) is 11.8 Å². The molecule has 0 aliphatic rings. The molecule has 0 bridgehead atoms. The van der Waals surface area contributed by atoms with Crippen molar-refractivity contribution in [2.24, 2.45) is 11.8 Å². The van der Waals surface area contributed by atoms with Crippen molar-refractivity contribution in [2.75, 3.05) is 0 Å². The van der Waals surface area contributed by atoms with Crippen LogP contribution in [0.4, 0.5) is 0 Å². The molecule has 1 N–H and O–H groups in total. The van der Waals surface area contributed by atoms with E-state index < -0.39 is 5.97 Å². The SMILES string of the molecule is CCCCC(C)CCCCCC(C)CC(=O)O. The highest BCUT2D eigenvalue weighted by molar-refractivity contribution is 5.66. The quantitative estimate of drug-likeness (QED) is 0.525. The maximum Gasteiger partial charge on any atom is 0.303 e. The van der Waals surface area contributed by atoms with Gasteiger partial charge >= 0.3 is 5.97 Å². The normalized spacial score (nSPS) is 14.5.